The molecule has 88 valence electrons. The zero-order chi connectivity index (χ0) is 12.0. The number of rotatable bonds is 5. The molecule has 0 spiro atoms. The predicted molar refractivity (Wildman–Crippen MR) is 60.5 cm³/mol. The summed E-state index contributed by atoms with van der Waals surface area (Å²) in [6.07, 6.45) is 0. The van der Waals surface area contributed by atoms with Crippen LogP contribution >= 0.6 is 0 Å². The number of nitrogens with one attached hydrogen (secondary N) is 2. The van der Waals surface area contributed by atoms with E-state index >= 15 is 0 Å². The van der Waals surface area contributed by atoms with Gasteiger partial charge in [0.05, 0.1) is 13.2 Å². The van der Waals surface area contributed by atoms with Crippen LogP contribution in [-0.4, -0.2) is 36.1 Å². The number of aryl methyl sites for hydroxylation is 1. The van der Waals surface area contributed by atoms with Crippen LogP contribution in [0.15, 0.2) is 6.07 Å². The molecule has 0 saturated heterocycles. The van der Waals surface area contributed by atoms with Crippen molar-refractivity contribution in [2.45, 2.75) is 13.8 Å². The van der Waals surface area contributed by atoms with Crippen molar-refractivity contribution in [1.82, 2.24) is 15.3 Å². The number of amides is 1. The van der Waals surface area contributed by atoms with E-state index in [2.05, 4.69) is 20.6 Å². The highest BCUT2D eigenvalue weighted by Crippen LogP contribution is 2.12. The highest BCUT2D eigenvalue weighted by Gasteiger charge is 2.03. The summed E-state index contributed by atoms with van der Waals surface area (Å²) in [6.45, 7) is 4.38. The van der Waals surface area contributed by atoms with Gasteiger partial charge in [-0.25, -0.2) is 4.98 Å². The van der Waals surface area contributed by atoms with Crippen molar-refractivity contribution in [3.05, 3.63) is 11.9 Å². The van der Waals surface area contributed by atoms with Gasteiger partial charge >= 0.3 is 0 Å². The Kier molecular flexibility index (Phi) is 4.50. The second-order valence-electron chi connectivity index (χ2n) is 3.10. The lowest BCUT2D eigenvalue weighted by Crippen LogP contribution is -2.26. The third-order valence-corrected chi connectivity index (χ3v) is 1.82. The molecule has 0 aliphatic carbocycles. The largest absolute Gasteiger partial charge is 0.478 e. The van der Waals surface area contributed by atoms with Crippen molar-refractivity contribution in [1.29, 1.82) is 0 Å². The molecule has 0 fully saturated rings. The maximum absolute atomic E-state index is 11.0. The molecule has 0 unspecified atom stereocenters. The smallest absolute Gasteiger partial charge is 0.239 e. The number of ether oxygens (including phenoxy) is 1. The van der Waals surface area contributed by atoms with Crippen molar-refractivity contribution in [2.24, 2.45) is 0 Å². The molecule has 1 heterocycles. The molecule has 0 bridgehead atoms. The minimum atomic E-state index is -0.103. The van der Waals surface area contributed by atoms with E-state index < -0.39 is 0 Å². The Labute approximate surface area is 94.4 Å². The standard InChI is InChI=1S/C10H16N4O2/c1-4-16-10-5-8(13-7(2)14-10)12-6-9(15)11-3/h5H,4,6H2,1-3H3,(H,11,15)(H,12,13,14). The second kappa shape index (κ2) is 5.89. The molecule has 1 rings (SSSR count). The summed E-state index contributed by atoms with van der Waals surface area (Å²) in [7, 11) is 1.58. The van der Waals surface area contributed by atoms with Crippen molar-refractivity contribution < 1.29 is 9.53 Å². The number of hydrogen-bond donors (Lipinski definition) is 2. The zero-order valence-electron chi connectivity index (χ0n) is 9.70. The maximum Gasteiger partial charge on any atom is 0.239 e. The van der Waals surface area contributed by atoms with Crippen LogP contribution in [0.5, 0.6) is 5.88 Å². The maximum atomic E-state index is 11.0. The molecular weight excluding hydrogens is 208 g/mol. The lowest BCUT2D eigenvalue weighted by molar-refractivity contribution is -0.118. The Balaban J connectivity index is 2.68. The molecule has 16 heavy (non-hydrogen) atoms. The second-order valence-corrected chi connectivity index (χ2v) is 3.10. The fourth-order valence-electron chi connectivity index (χ4n) is 1.11. The van der Waals surface area contributed by atoms with Crippen LogP contribution in [0.2, 0.25) is 0 Å². The van der Waals surface area contributed by atoms with E-state index in [-0.39, 0.29) is 12.5 Å². The number of hydrogen-bond acceptors (Lipinski definition) is 5. The first-order valence-corrected chi connectivity index (χ1v) is 5.08. The Bertz CT molecular complexity index is 368. The minimum Gasteiger partial charge on any atom is -0.478 e. The Morgan fingerprint density at radius 2 is 2.25 bits per heavy atom. The van der Waals surface area contributed by atoms with Crippen molar-refractivity contribution in [2.75, 3.05) is 25.5 Å². The van der Waals surface area contributed by atoms with E-state index in [1.807, 2.05) is 6.92 Å². The highest BCUT2D eigenvalue weighted by atomic mass is 16.5. The number of carbonyl (C=O) groups excluding carboxylic acids is 1. The molecule has 1 amide bonds. The summed E-state index contributed by atoms with van der Waals surface area (Å²) in [5.74, 6) is 1.59. The summed E-state index contributed by atoms with van der Waals surface area (Å²) >= 11 is 0. The van der Waals surface area contributed by atoms with Gasteiger partial charge in [-0.3, -0.25) is 4.79 Å². The van der Waals surface area contributed by atoms with Crippen molar-refractivity contribution in [3.63, 3.8) is 0 Å². The minimum absolute atomic E-state index is 0.103. The summed E-state index contributed by atoms with van der Waals surface area (Å²) in [6, 6.07) is 1.67. The lowest BCUT2D eigenvalue weighted by Gasteiger charge is -2.07. The monoisotopic (exact) mass is 224 g/mol. The van der Waals surface area contributed by atoms with Gasteiger partial charge < -0.3 is 15.4 Å². The Morgan fingerprint density at radius 3 is 2.88 bits per heavy atom. The van der Waals surface area contributed by atoms with E-state index in [1.165, 1.54) is 0 Å². The van der Waals surface area contributed by atoms with Gasteiger partial charge in [-0.05, 0) is 13.8 Å². The normalized spacial score (nSPS) is 9.69. The lowest BCUT2D eigenvalue weighted by atomic mass is 10.5. The fraction of sp³-hybridized carbons (Fsp3) is 0.500. The van der Waals surface area contributed by atoms with Crippen molar-refractivity contribution in [3.8, 4) is 5.88 Å². The van der Waals surface area contributed by atoms with Gasteiger partial charge in [-0.2, -0.15) is 4.98 Å². The number of likely N-dealkylation sites (N-methyl/N-ethyl adjacent to an activating group) is 1. The van der Waals surface area contributed by atoms with Gasteiger partial charge in [0.25, 0.3) is 0 Å². The number of nitrogens with zero attached hydrogens (tertiary/aromatic N) is 2. The molecule has 0 aromatic carbocycles. The van der Waals surface area contributed by atoms with Crippen LogP contribution in [0.4, 0.5) is 5.82 Å². The first kappa shape index (κ1) is 12.2. The number of anilines is 1. The molecule has 1 aromatic rings. The molecule has 6 heteroatoms. The molecule has 0 saturated carbocycles. The topological polar surface area (TPSA) is 76.1 Å². The number of aromatic nitrogens is 2. The van der Waals surface area contributed by atoms with Gasteiger partial charge in [-0.15, -0.1) is 0 Å². The van der Waals surface area contributed by atoms with E-state index in [0.717, 1.165) is 0 Å². The van der Waals surface area contributed by atoms with Gasteiger partial charge in [0.2, 0.25) is 11.8 Å². The van der Waals surface area contributed by atoms with Gasteiger partial charge in [0.15, 0.2) is 0 Å². The van der Waals surface area contributed by atoms with E-state index in [0.29, 0.717) is 24.1 Å². The molecule has 0 radical (unpaired) electrons. The van der Waals surface area contributed by atoms with E-state index in [9.17, 15) is 4.79 Å². The average Bonchev–Trinajstić information content (AvgIpc) is 2.25. The van der Waals surface area contributed by atoms with Crippen LogP contribution in [-0.2, 0) is 4.79 Å². The predicted octanol–water partition coefficient (Wildman–Crippen LogP) is 0.342. The molecule has 6 nitrogen and oxygen atoms in total. The summed E-state index contributed by atoms with van der Waals surface area (Å²) < 4.78 is 5.27. The van der Waals surface area contributed by atoms with Gasteiger partial charge in [-0.1, -0.05) is 0 Å². The van der Waals surface area contributed by atoms with Crippen molar-refractivity contribution >= 4 is 11.7 Å². The third kappa shape index (κ3) is 3.72. The van der Waals surface area contributed by atoms with Crippen LogP contribution in [0.25, 0.3) is 0 Å². The van der Waals surface area contributed by atoms with Crippen LogP contribution in [0.1, 0.15) is 12.7 Å². The highest BCUT2D eigenvalue weighted by molar-refractivity contribution is 5.80. The van der Waals surface area contributed by atoms with Gasteiger partial charge in [0, 0.05) is 13.1 Å². The van der Waals surface area contributed by atoms with Crippen LogP contribution < -0.4 is 15.4 Å². The summed E-state index contributed by atoms with van der Waals surface area (Å²) in [5, 5.41) is 5.41. The number of carbonyl (C=O) groups is 1. The SMILES string of the molecule is CCOc1cc(NCC(=O)NC)nc(C)n1. The van der Waals surface area contributed by atoms with Crippen LogP contribution in [0.3, 0.4) is 0 Å². The van der Waals surface area contributed by atoms with Gasteiger partial charge in [0.1, 0.15) is 11.6 Å². The first-order chi connectivity index (χ1) is 7.65. The van der Waals surface area contributed by atoms with E-state index in [1.54, 1.807) is 20.0 Å². The quantitative estimate of drug-likeness (QED) is 0.754. The summed E-state index contributed by atoms with van der Waals surface area (Å²) in [4.78, 5) is 19.3. The molecule has 2 N–H and O–H groups in total. The Morgan fingerprint density at radius 1 is 1.50 bits per heavy atom. The average molecular weight is 224 g/mol. The summed E-state index contributed by atoms with van der Waals surface area (Å²) in [5.41, 5.74) is 0. The van der Waals surface area contributed by atoms with Crippen LogP contribution in [0, 0.1) is 6.92 Å². The molecular formula is C10H16N4O2. The molecule has 0 atom stereocenters. The zero-order valence-corrected chi connectivity index (χ0v) is 9.70. The first-order valence-electron chi connectivity index (χ1n) is 5.08. The fourth-order valence-corrected chi connectivity index (χ4v) is 1.11. The molecule has 0 aliphatic rings. The Hall–Kier alpha value is -1.85. The van der Waals surface area contributed by atoms with E-state index in [4.69, 9.17) is 4.74 Å². The molecule has 0 aliphatic heterocycles. The molecule has 1 aromatic heterocycles. The third-order valence-electron chi connectivity index (χ3n) is 1.82.